The minimum Gasteiger partial charge on any atom is -0.355 e. The van der Waals surface area contributed by atoms with E-state index in [0.717, 1.165) is 17.0 Å². The molecule has 0 spiro atoms. The number of hydrogen-bond donors (Lipinski definition) is 0. The molecule has 0 N–H and O–H groups in total. The Hall–Kier alpha value is -2.94. The summed E-state index contributed by atoms with van der Waals surface area (Å²) in [6.07, 6.45) is -4.44. The molecule has 5 nitrogen and oxygen atoms in total. The quantitative estimate of drug-likeness (QED) is 0.504. The van der Waals surface area contributed by atoms with Crippen molar-refractivity contribution in [3.63, 3.8) is 0 Å². The summed E-state index contributed by atoms with van der Waals surface area (Å²) in [4.78, 5) is 4.99. The van der Waals surface area contributed by atoms with E-state index in [1.54, 1.807) is 6.07 Å². The summed E-state index contributed by atoms with van der Waals surface area (Å²) in [6, 6.07) is 10.1. The van der Waals surface area contributed by atoms with E-state index in [0.29, 0.717) is 11.5 Å². The Morgan fingerprint density at radius 1 is 0.960 bits per heavy atom. The van der Waals surface area contributed by atoms with Crippen LogP contribution in [0.25, 0.3) is 33.6 Å². The number of halogens is 3. The fourth-order valence-corrected chi connectivity index (χ4v) is 2.86. The Morgan fingerprint density at radius 3 is 2.60 bits per heavy atom. The molecule has 0 aliphatic rings. The Bertz CT molecular complexity index is 1010. The SMILES string of the molecule is FC(F)(F)c1cccc(-c2noc(-c3cc(-c4cccs4)on3)n2)c1. The first-order chi connectivity index (χ1) is 12.0. The van der Waals surface area contributed by atoms with Gasteiger partial charge < -0.3 is 9.05 Å². The second kappa shape index (κ2) is 5.85. The zero-order chi connectivity index (χ0) is 17.4. The van der Waals surface area contributed by atoms with Crippen LogP contribution < -0.4 is 0 Å². The van der Waals surface area contributed by atoms with E-state index in [4.69, 9.17) is 9.05 Å². The molecule has 3 aromatic heterocycles. The molecule has 3 heterocycles. The van der Waals surface area contributed by atoms with Crippen molar-refractivity contribution in [2.45, 2.75) is 6.18 Å². The van der Waals surface area contributed by atoms with Gasteiger partial charge in [-0.05, 0) is 23.6 Å². The minimum absolute atomic E-state index is 0.0433. The van der Waals surface area contributed by atoms with Gasteiger partial charge in [0.15, 0.2) is 11.5 Å². The van der Waals surface area contributed by atoms with E-state index in [1.807, 2.05) is 17.5 Å². The molecule has 0 saturated carbocycles. The zero-order valence-corrected chi connectivity index (χ0v) is 13.1. The lowest BCUT2D eigenvalue weighted by atomic mass is 10.1. The van der Waals surface area contributed by atoms with Gasteiger partial charge in [-0.3, -0.25) is 0 Å². The van der Waals surface area contributed by atoms with Crippen molar-refractivity contribution in [1.29, 1.82) is 0 Å². The molecule has 0 radical (unpaired) electrons. The van der Waals surface area contributed by atoms with E-state index in [-0.39, 0.29) is 17.3 Å². The highest BCUT2D eigenvalue weighted by Crippen LogP contribution is 2.32. The van der Waals surface area contributed by atoms with Crippen LogP contribution in [0.1, 0.15) is 5.56 Å². The van der Waals surface area contributed by atoms with Crippen molar-refractivity contribution >= 4 is 11.3 Å². The number of hydrogen-bond acceptors (Lipinski definition) is 6. The van der Waals surface area contributed by atoms with Crippen LogP contribution in [0.3, 0.4) is 0 Å². The van der Waals surface area contributed by atoms with Gasteiger partial charge in [-0.2, -0.15) is 18.2 Å². The molecule has 0 aliphatic carbocycles. The zero-order valence-electron chi connectivity index (χ0n) is 12.3. The van der Waals surface area contributed by atoms with Crippen LogP contribution in [0, 0.1) is 0 Å². The van der Waals surface area contributed by atoms with Gasteiger partial charge in [0.1, 0.15) is 0 Å². The molecule has 1 aromatic carbocycles. The number of thiophene rings is 1. The Balaban J connectivity index is 1.65. The molecule has 0 bridgehead atoms. The van der Waals surface area contributed by atoms with E-state index in [2.05, 4.69) is 15.3 Å². The normalized spacial score (nSPS) is 11.8. The van der Waals surface area contributed by atoms with Crippen LogP contribution >= 0.6 is 11.3 Å². The molecule has 0 amide bonds. The number of alkyl halides is 3. The summed E-state index contributed by atoms with van der Waals surface area (Å²) >= 11 is 1.48. The van der Waals surface area contributed by atoms with E-state index in [9.17, 15) is 13.2 Å². The first-order valence-corrected chi connectivity index (χ1v) is 7.91. The smallest absolute Gasteiger partial charge is 0.355 e. The molecule has 126 valence electrons. The molecular formula is C16H8F3N3O2S. The third kappa shape index (κ3) is 3.05. The van der Waals surface area contributed by atoms with Crippen molar-refractivity contribution in [3.8, 4) is 33.6 Å². The molecule has 0 atom stereocenters. The summed E-state index contributed by atoms with van der Waals surface area (Å²) in [5.41, 5.74) is -0.265. The minimum atomic E-state index is -4.44. The Labute approximate surface area is 142 Å². The van der Waals surface area contributed by atoms with Crippen molar-refractivity contribution in [1.82, 2.24) is 15.3 Å². The maximum atomic E-state index is 12.8. The van der Waals surface area contributed by atoms with Crippen LogP contribution in [-0.2, 0) is 6.18 Å². The highest BCUT2D eigenvalue weighted by atomic mass is 32.1. The second-order valence-corrected chi connectivity index (χ2v) is 6.00. The molecule has 0 saturated heterocycles. The van der Waals surface area contributed by atoms with Gasteiger partial charge in [0.25, 0.3) is 5.89 Å². The molecule has 4 aromatic rings. The number of aromatic nitrogens is 3. The van der Waals surface area contributed by atoms with E-state index < -0.39 is 11.7 Å². The summed E-state index contributed by atoms with van der Waals surface area (Å²) in [5, 5.41) is 9.49. The van der Waals surface area contributed by atoms with Gasteiger partial charge in [0, 0.05) is 11.6 Å². The van der Waals surface area contributed by atoms with Gasteiger partial charge in [-0.1, -0.05) is 28.5 Å². The summed E-state index contributed by atoms with van der Waals surface area (Å²) in [6.45, 7) is 0. The van der Waals surface area contributed by atoms with Crippen molar-refractivity contribution < 1.29 is 22.2 Å². The van der Waals surface area contributed by atoms with Crippen LogP contribution in [0.5, 0.6) is 0 Å². The van der Waals surface area contributed by atoms with Crippen molar-refractivity contribution in [2.24, 2.45) is 0 Å². The van der Waals surface area contributed by atoms with E-state index in [1.165, 1.54) is 23.5 Å². The Kier molecular flexibility index (Phi) is 3.65. The third-order valence-electron chi connectivity index (χ3n) is 3.37. The molecule has 4 rings (SSSR count). The second-order valence-electron chi connectivity index (χ2n) is 5.06. The highest BCUT2D eigenvalue weighted by molar-refractivity contribution is 7.13. The monoisotopic (exact) mass is 363 g/mol. The van der Waals surface area contributed by atoms with Gasteiger partial charge in [-0.15, -0.1) is 11.3 Å². The lowest BCUT2D eigenvalue weighted by Crippen LogP contribution is -2.04. The first kappa shape index (κ1) is 15.6. The maximum absolute atomic E-state index is 12.8. The predicted molar refractivity (Wildman–Crippen MR) is 83.5 cm³/mol. The fourth-order valence-electron chi connectivity index (χ4n) is 2.19. The predicted octanol–water partition coefficient (Wildman–Crippen LogP) is 5.14. The summed E-state index contributed by atoms with van der Waals surface area (Å²) < 4.78 is 48.7. The van der Waals surface area contributed by atoms with Gasteiger partial charge in [-0.25, -0.2) is 0 Å². The number of benzene rings is 1. The van der Waals surface area contributed by atoms with Crippen molar-refractivity contribution in [2.75, 3.05) is 0 Å². The molecule has 0 fully saturated rings. The molecular weight excluding hydrogens is 355 g/mol. The lowest BCUT2D eigenvalue weighted by molar-refractivity contribution is -0.137. The van der Waals surface area contributed by atoms with Gasteiger partial charge >= 0.3 is 6.18 Å². The average molecular weight is 363 g/mol. The number of rotatable bonds is 3. The van der Waals surface area contributed by atoms with Crippen LogP contribution in [0.4, 0.5) is 13.2 Å². The van der Waals surface area contributed by atoms with Crippen molar-refractivity contribution in [3.05, 3.63) is 53.4 Å². The van der Waals surface area contributed by atoms with Gasteiger partial charge in [0.2, 0.25) is 5.82 Å². The number of nitrogens with zero attached hydrogens (tertiary/aromatic N) is 3. The van der Waals surface area contributed by atoms with Crippen LogP contribution in [-0.4, -0.2) is 15.3 Å². The average Bonchev–Trinajstić information content (AvgIpc) is 3.33. The largest absolute Gasteiger partial charge is 0.416 e. The molecule has 0 unspecified atom stereocenters. The molecule has 25 heavy (non-hydrogen) atoms. The third-order valence-corrected chi connectivity index (χ3v) is 4.25. The van der Waals surface area contributed by atoms with Crippen LogP contribution in [0.15, 0.2) is 56.9 Å². The van der Waals surface area contributed by atoms with E-state index >= 15 is 0 Å². The fraction of sp³-hybridized carbons (Fsp3) is 0.0625. The Morgan fingerprint density at radius 2 is 1.84 bits per heavy atom. The molecule has 0 aliphatic heterocycles. The topological polar surface area (TPSA) is 65.0 Å². The first-order valence-electron chi connectivity index (χ1n) is 7.03. The standard InChI is InChI=1S/C16H8F3N3O2S/c17-16(18,19)10-4-1-3-9(7-10)14-20-15(24-22-14)11-8-12(23-21-11)13-5-2-6-25-13/h1-8H. The summed E-state index contributed by atoms with van der Waals surface area (Å²) in [7, 11) is 0. The molecule has 9 heteroatoms. The summed E-state index contributed by atoms with van der Waals surface area (Å²) in [5.74, 6) is 0.657. The highest BCUT2D eigenvalue weighted by Gasteiger charge is 2.30. The van der Waals surface area contributed by atoms with Crippen LogP contribution in [0.2, 0.25) is 0 Å². The lowest BCUT2D eigenvalue weighted by Gasteiger charge is -2.06. The maximum Gasteiger partial charge on any atom is 0.416 e. The van der Waals surface area contributed by atoms with Gasteiger partial charge in [0.05, 0.1) is 10.4 Å².